The first-order chi connectivity index (χ1) is 15.0. The van der Waals surface area contributed by atoms with Gasteiger partial charge in [-0.2, -0.15) is 0 Å². The number of pyridine rings is 1. The molecule has 3 aromatic rings. The second-order valence-electron chi connectivity index (χ2n) is 7.06. The summed E-state index contributed by atoms with van der Waals surface area (Å²) in [5.74, 6) is 1.14. The molecule has 0 aliphatic rings. The van der Waals surface area contributed by atoms with Crippen LogP contribution in [0.15, 0.2) is 40.3 Å². The Balaban J connectivity index is 1.60. The predicted octanol–water partition coefficient (Wildman–Crippen LogP) is 3.94. The number of halogens is 1. The zero-order valence-corrected chi connectivity index (χ0v) is 19.3. The van der Waals surface area contributed by atoms with Crippen LogP contribution in [0.4, 0.5) is 5.82 Å². The minimum atomic E-state index is -0.864. The molecule has 7 nitrogen and oxygen atoms in total. The maximum absolute atomic E-state index is 12.8. The molecule has 0 saturated carbocycles. The third-order valence-corrected chi connectivity index (χ3v) is 6.26. The number of carbonyl (C=O) groups excluding carboxylic acids is 1. The molecule has 0 bridgehead atoms. The standard InChI is InChI=1S/C22H25BrN2O5S/c23-15-4-6-17(7-5-15)30-11-14-13-31-21-18(9-25-22(24)20(14)21)19(28)3-1-2-8-29-12-16(27)10-26/h4-7,9,13,16,26-27H,1-3,8,10-12H2,(H2,24,25). The number of thiophene rings is 1. The number of aliphatic hydroxyl groups is 2. The number of hydrogen-bond donors (Lipinski definition) is 3. The van der Waals surface area contributed by atoms with Crippen LogP contribution in [-0.2, 0) is 11.3 Å². The number of rotatable bonds is 12. The molecule has 1 aromatic carbocycles. The van der Waals surface area contributed by atoms with Crippen LogP contribution in [0.25, 0.3) is 10.1 Å². The Morgan fingerprint density at radius 1 is 1.26 bits per heavy atom. The van der Waals surface area contributed by atoms with Crippen molar-refractivity contribution in [1.82, 2.24) is 4.98 Å². The lowest BCUT2D eigenvalue weighted by atomic mass is 10.0. The number of Topliss-reactive ketones (excluding diaryl/α,β-unsaturated/α-hetero) is 1. The van der Waals surface area contributed by atoms with E-state index in [0.717, 1.165) is 25.9 Å². The monoisotopic (exact) mass is 508 g/mol. The van der Waals surface area contributed by atoms with Gasteiger partial charge in [-0.1, -0.05) is 15.9 Å². The van der Waals surface area contributed by atoms with E-state index in [4.69, 9.17) is 20.3 Å². The molecule has 2 aromatic heterocycles. The van der Waals surface area contributed by atoms with Crippen molar-refractivity contribution in [3.63, 3.8) is 0 Å². The Kier molecular flexibility index (Phi) is 8.79. The smallest absolute Gasteiger partial charge is 0.165 e. The lowest BCUT2D eigenvalue weighted by molar-refractivity contribution is 0.00532. The Morgan fingerprint density at radius 2 is 2.03 bits per heavy atom. The summed E-state index contributed by atoms with van der Waals surface area (Å²) < 4.78 is 12.9. The van der Waals surface area contributed by atoms with Gasteiger partial charge in [0.05, 0.1) is 23.5 Å². The molecule has 2 heterocycles. The van der Waals surface area contributed by atoms with Gasteiger partial charge in [-0.3, -0.25) is 4.79 Å². The summed E-state index contributed by atoms with van der Waals surface area (Å²) in [5.41, 5.74) is 7.59. The van der Waals surface area contributed by atoms with E-state index in [1.807, 2.05) is 29.6 Å². The van der Waals surface area contributed by atoms with Crippen molar-refractivity contribution in [3.05, 3.63) is 51.4 Å². The van der Waals surface area contributed by atoms with Gasteiger partial charge in [0, 0.05) is 34.6 Å². The van der Waals surface area contributed by atoms with Gasteiger partial charge in [0.2, 0.25) is 0 Å². The number of aliphatic hydroxyl groups excluding tert-OH is 2. The second kappa shape index (κ2) is 11.5. The highest BCUT2D eigenvalue weighted by molar-refractivity contribution is 9.10. The Hall–Kier alpha value is -2.04. The molecular weight excluding hydrogens is 484 g/mol. The number of fused-ring (bicyclic) bond motifs is 1. The second-order valence-corrected chi connectivity index (χ2v) is 8.85. The number of nitrogens with two attached hydrogens (primary N) is 1. The molecule has 0 spiro atoms. The van der Waals surface area contributed by atoms with Gasteiger partial charge >= 0.3 is 0 Å². The zero-order valence-electron chi connectivity index (χ0n) is 16.9. The molecule has 4 N–H and O–H groups in total. The fourth-order valence-corrected chi connectivity index (χ4v) is 4.38. The normalized spacial score (nSPS) is 12.2. The zero-order chi connectivity index (χ0) is 22.2. The van der Waals surface area contributed by atoms with E-state index >= 15 is 0 Å². The highest BCUT2D eigenvalue weighted by Crippen LogP contribution is 2.34. The molecule has 166 valence electrons. The van der Waals surface area contributed by atoms with Gasteiger partial charge in [-0.15, -0.1) is 11.3 Å². The summed E-state index contributed by atoms with van der Waals surface area (Å²) >= 11 is 4.87. The molecule has 1 atom stereocenters. The van der Waals surface area contributed by atoms with Crippen molar-refractivity contribution in [2.45, 2.75) is 32.0 Å². The number of ketones is 1. The van der Waals surface area contributed by atoms with E-state index in [0.29, 0.717) is 43.9 Å². The van der Waals surface area contributed by atoms with Gasteiger partial charge in [0.25, 0.3) is 0 Å². The molecule has 1 unspecified atom stereocenters. The average Bonchev–Trinajstić information content (AvgIpc) is 3.20. The fraction of sp³-hybridized carbons (Fsp3) is 0.364. The molecule has 0 amide bonds. The number of nitrogen functional groups attached to an aromatic ring is 1. The Morgan fingerprint density at radius 3 is 2.77 bits per heavy atom. The molecule has 0 saturated heterocycles. The van der Waals surface area contributed by atoms with Crippen molar-refractivity contribution in [2.24, 2.45) is 0 Å². The topological polar surface area (TPSA) is 115 Å². The van der Waals surface area contributed by atoms with Crippen molar-refractivity contribution in [3.8, 4) is 5.75 Å². The quantitative estimate of drug-likeness (QED) is 0.250. The van der Waals surface area contributed by atoms with Crippen LogP contribution < -0.4 is 10.5 Å². The number of unbranched alkanes of at least 4 members (excludes halogenated alkanes) is 1. The minimum absolute atomic E-state index is 0.00937. The molecule has 9 heteroatoms. The van der Waals surface area contributed by atoms with Crippen LogP contribution in [0.5, 0.6) is 5.75 Å². The first-order valence-corrected chi connectivity index (χ1v) is 11.6. The maximum atomic E-state index is 12.8. The predicted molar refractivity (Wildman–Crippen MR) is 125 cm³/mol. The molecule has 3 rings (SSSR count). The van der Waals surface area contributed by atoms with Crippen LogP contribution in [0.1, 0.15) is 35.2 Å². The third-order valence-electron chi connectivity index (χ3n) is 4.67. The van der Waals surface area contributed by atoms with Crippen LogP contribution >= 0.6 is 27.3 Å². The minimum Gasteiger partial charge on any atom is -0.489 e. The summed E-state index contributed by atoms with van der Waals surface area (Å²) in [6.07, 6.45) is 2.40. The molecular formula is C22H25BrN2O5S. The molecule has 0 aliphatic carbocycles. The van der Waals surface area contributed by atoms with Crippen molar-refractivity contribution in [2.75, 3.05) is 25.6 Å². The van der Waals surface area contributed by atoms with Gasteiger partial charge in [-0.05, 0) is 42.5 Å². The van der Waals surface area contributed by atoms with Crippen LogP contribution in [0, 0.1) is 0 Å². The molecule has 0 aliphatic heterocycles. The van der Waals surface area contributed by atoms with E-state index in [9.17, 15) is 9.90 Å². The number of benzene rings is 1. The van der Waals surface area contributed by atoms with E-state index < -0.39 is 6.10 Å². The number of anilines is 1. The first-order valence-electron chi connectivity index (χ1n) is 9.92. The Bertz CT molecular complexity index is 1010. The lowest BCUT2D eigenvalue weighted by Crippen LogP contribution is -2.19. The van der Waals surface area contributed by atoms with Gasteiger partial charge < -0.3 is 25.4 Å². The fourth-order valence-electron chi connectivity index (χ4n) is 3.02. The first kappa shape index (κ1) is 23.6. The van der Waals surface area contributed by atoms with E-state index in [2.05, 4.69) is 20.9 Å². The third kappa shape index (κ3) is 6.47. The summed E-state index contributed by atoms with van der Waals surface area (Å²) in [7, 11) is 0. The summed E-state index contributed by atoms with van der Waals surface area (Å²) in [6, 6.07) is 7.58. The maximum Gasteiger partial charge on any atom is 0.165 e. The number of ether oxygens (including phenoxy) is 2. The lowest BCUT2D eigenvalue weighted by Gasteiger charge is -2.09. The Labute approximate surface area is 192 Å². The average molecular weight is 509 g/mol. The van der Waals surface area contributed by atoms with Crippen molar-refractivity contribution in [1.29, 1.82) is 0 Å². The van der Waals surface area contributed by atoms with Gasteiger partial charge in [0.15, 0.2) is 5.78 Å². The van der Waals surface area contributed by atoms with E-state index in [1.54, 1.807) is 6.20 Å². The number of hydrogen-bond acceptors (Lipinski definition) is 8. The SMILES string of the molecule is Nc1ncc(C(=O)CCCCOCC(O)CO)c2scc(COc3ccc(Br)cc3)c12. The number of carbonyl (C=O) groups is 1. The van der Waals surface area contributed by atoms with Gasteiger partial charge in [0.1, 0.15) is 24.3 Å². The van der Waals surface area contributed by atoms with Gasteiger partial charge in [-0.25, -0.2) is 4.98 Å². The van der Waals surface area contributed by atoms with Crippen LogP contribution in [0.2, 0.25) is 0 Å². The van der Waals surface area contributed by atoms with Crippen molar-refractivity contribution < 1.29 is 24.5 Å². The van der Waals surface area contributed by atoms with Crippen LogP contribution in [0.3, 0.4) is 0 Å². The molecule has 0 radical (unpaired) electrons. The highest BCUT2D eigenvalue weighted by atomic mass is 79.9. The molecule has 0 fully saturated rings. The van der Waals surface area contributed by atoms with E-state index in [-0.39, 0.29) is 19.0 Å². The number of nitrogens with zero attached hydrogens (tertiary/aromatic N) is 1. The van der Waals surface area contributed by atoms with Crippen LogP contribution in [-0.4, -0.2) is 46.9 Å². The summed E-state index contributed by atoms with van der Waals surface area (Å²) in [6.45, 7) is 0.529. The van der Waals surface area contributed by atoms with Crippen molar-refractivity contribution >= 4 is 49.0 Å². The number of aromatic nitrogens is 1. The highest BCUT2D eigenvalue weighted by Gasteiger charge is 2.17. The van der Waals surface area contributed by atoms with E-state index in [1.165, 1.54) is 11.3 Å². The molecule has 31 heavy (non-hydrogen) atoms. The summed E-state index contributed by atoms with van der Waals surface area (Å²) in [4.78, 5) is 17.0. The summed E-state index contributed by atoms with van der Waals surface area (Å²) in [5, 5.41) is 20.7. The largest absolute Gasteiger partial charge is 0.489 e.